The summed E-state index contributed by atoms with van der Waals surface area (Å²) in [5.41, 5.74) is 0.656. The van der Waals surface area contributed by atoms with Gasteiger partial charge in [-0.2, -0.15) is 5.10 Å². The van der Waals surface area contributed by atoms with Gasteiger partial charge in [0.05, 0.1) is 17.8 Å². The van der Waals surface area contributed by atoms with Gasteiger partial charge in [-0.05, 0) is 32.6 Å². The molecule has 20 heavy (non-hydrogen) atoms. The van der Waals surface area contributed by atoms with Crippen molar-refractivity contribution >= 4 is 17.7 Å². The molecule has 1 saturated carbocycles. The molecule has 0 atom stereocenters. The molecule has 2 rings (SSSR count). The topological polar surface area (TPSA) is 96.2 Å². The molecule has 1 aliphatic rings. The first-order chi connectivity index (χ1) is 9.58. The van der Waals surface area contributed by atoms with Crippen molar-refractivity contribution in [2.45, 2.75) is 45.2 Å². The van der Waals surface area contributed by atoms with Gasteiger partial charge >= 0.3 is 12.0 Å². The molecule has 3 N–H and O–H groups in total. The molecular weight excluding hydrogens is 260 g/mol. The molecule has 1 aliphatic carbocycles. The third kappa shape index (κ3) is 3.72. The molecule has 110 valence electrons. The first-order valence-electron chi connectivity index (χ1n) is 6.91. The van der Waals surface area contributed by atoms with E-state index >= 15 is 0 Å². The van der Waals surface area contributed by atoms with Crippen LogP contribution in [-0.2, 0) is 11.3 Å². The second kappa shape index (κ2) is 6.40. The average molecular weight is 280 g/mol. The minimum atomic E-state index is -0.736. The molecule has 0 aliphatic heterocycles. The zero-order valence-electron chi connectivity index (χ0n) is 11.5. The summed E-state index contributed by atoms with van der Waals surface area (Å²) in [5, 5.41) is 18.6. The number of nitrogens with one attached hydrogen (secondary N) is 2. The van der Waals surface area contributed by atoms with Crippen molar-refractivity contribution < 1.29 is 14.7 Å². The maximum atomic E-state index is 11.8. The number of anilines is 1. The Hall–Kier alpha value is -2.05. The Labute approximate surface area is 117 Å². The van der Waals surface area contributed by atoms with Gasteiger partial charge in [0, 0.05) is 18.8 Å². The highest BCUT2D eigenvalue weighted by Crippen LogP contribution is 2.24. The highest BCUT2D eigenvalue weighted by Gasteiger charge is 2.26. The molecule has 1 fully saturated rings. The Kier molecular flexibility index (Phi) is 4.60. The second-order valence-corrected chi connectivity index (χ2v) is 5.07. The van der Waals surface area contributed by atoms with Crippen molar-refractivity contribution in [1.29, 1.82) is 0 Å². The van der Waals surface area contributed by atoms with E-state index in [1.165, 1.54) is 0 Å². The first kappa shape index (κ1) is 14.4. The number of rotatable bonds is 4. The van der Waals surface area contributed by atoms with E-state index in [9.17, 15) is 9.59 Å². The molecule has 1 aromatic heterocycles. The van der Waals surface area contributed by atoms with Gasteiger partial charge in [0.2, 0.25) is 0 Å². The molecule has 0 saturated heterocycles. The normalized spacial score (nSPS) is 22.2. The van der Waals surface area contributed by atoms with E-state index < -0.39 is 5.97 Å². The summed E-state index contributed by atoms with van der Waals surface area (Å²) < 4.78 is 1.73. The summed E-state index contributed by atoms with van der Waals surface area (Å²) in [6, 6.07) is -0.216. The van der Waals surface area contributed by atoms with Crippen molar-refractivity contribution in [1.82, 2.24) is 15.1 Å². The van der Waals surface area contributed by atoms with Gasteiger partial charge in [-0.25, -0.2) is 4.79 Å². The van der Waals surface area contributed by atoms with E-state index in [1.54, 1.807) is 17.1 Å². The summed E-state index contributed by atoms with van der Waals surface area (Å²) in [6.45, 7) is 2.72. The minimum Gasteiger partial charge on any atom is -0.481 e. The molecule has 7 heteroatoms. The number of nitrogens with zero attached hydrogens (tertiary/aromatic N) is 2. The van der Waals surface area contributed by atoms with Crippen LogP contribution in [0, 0.1) is 5.92 Å². The molecule has 0 aromatic carbocycles. The van der Waals surface area contributed by atoms with Crippen LogP contribution in [-0.4, -0.2) is 32.9 Å². The molecule has 0 bridgehead atoms. The fourth-order valence-corrected chi connectivity index (χ4v) is 2.44. The number of hydrogen-bond donors (Lipinski definition) is 3. The van der Waals surface area contributed by atoms with Crippen LogP contribution in [0.5, 0.6) is 0 Å². The van der Waals surface area contributed by atoms with Gasteiger partial charge in [-0.1, -0.05) is 0 Å². The number of aliphatic carboxylic acids is 1. The summed E-state index contributed by atoms with van der Waals surface area (Å²) in [5.74, 6) is -1.00. The molecule has 7 nitrogen and oxygen atoms in total. The van der Waals surface area contributed by atoms with E-state index in [0.29, 0.717) is 31.4 Å². The smallest absolute Gasteiger partial charge is 0.319 e. The Morgan fingerprint density at radius 3 is 2.65 bits per heavy atom. The average Bonchev–Trinajstić information content (AvgIpc) is 2.86. The highest BCUT2D eigenvalue weighted by molar-refractivity contribution is 5.89. The Morgan fingerprint density at radius 1 is 1.40 bits per heavy atom. The number of carbonyl (C=O) groups excluding carboxylic acids is 1. The Balaban J connectivity index is 1.76. The number of carbonyl (C=O) groups is 2. The zero-order valence-corrected chi connectivity index (χ0v) is 11.5. The number of aryl methyl sites for hydroxylation is 1. The summed E-state index contributed by atoms with van der Waals surface area (Å²) >= 11 is 0. The van der Waals surface area contributed by atoms with Crippen LogP contribution in [0.4, 0.5) is 10.5 Å². The lowest BCUT2D eigenvalue weighted by Gasteiger charge is -2.26. The number of aromatic nitrogens is 2. The molecule has 2 amide bonds. The molecule has 1 heterocycles. The SMILES string of the molecule is CCn1cc(NC(=O)NC2CCC(C(=O)O)CC2)cn1. The van der Waals surface area contributed by atoms with Crippen LogP contribution in [0.1, 0.15) is 32.6 Å². The van der Waals surface area contributed by atoms with Crippen LogP contribution in [0.2, 0.25) is 0 Å². The molecule has 0 unspecified atom stereocenters. The van der Waals surface area contributed by atoms with Gasteiger partial charge in [-0.3, -0.25) is 9.48 Å². The fourth-order valence-electron chi connectivity index (χ4n) is 2.44. The molecular formula is C13H20N4O3. The van der Waals surface area contributed by atoms with Gasteiger partial charge in [-0.15, -0.1) is 0 Å². The van der Waals surface area contributed by atoms with Crippen molar-refractivity contribution in [3.05, 3.63) is 12.4 Å². The maximum absolute atomic E-state index is 11.8. The maximum Gasteiger partial charge on any atom is 0.319 e. The van der Waals surface area contributed by atoms with E-state index in [-0.39, 0.29) is 18.0 Å². The van der Waals surface area contributed by atoms with Gasteiger partial charge in [0.15, 0.2) is 0 Å². The predicted octanol–water partition coefficient (Wildman–Crippen LogP) is 1.67. The number of carboxylic acids is 1. The van der Waals surface area contributed by atoms with E-state index in [0.717, 1.165) is 6.54 Å². The zero-order chi connectivity index (χ0) is 14.5. The Bertz CT molecular complexity index is 478. The lowest BCUT2D eigenvalue weighted by Crippen LogP contribution is -2.40. The number of amides is 2. The van der Waals surface area contributed by atoms with Gasteiger partial charge in [0.1, 0.15) is 0 Å². The third-order valence-electron chi connectivity index (χ3n) is 3.63. The lowest BCUT2D eigenvalue weighted by atomic mass is 9.86. The number of hydrogen-bond acceptors (Lipinski definition) is 3. The molecule has 0 radical (unpaired) electrons. The first-order valence-corrected chi connectivity index (χ1v) is 6.91. The summed E-state index contributed by atoms with van der Waals surface area (Å²) in [4.78, 5) is 22.7. The van der Waals surface area contributed by atoms with Crippen LogP contribution >= 0.6 is 0 Å². The van der Waals surface area contributed by atoms with Crippen LogP contribution in [0.15, 0.2) is 12.4 Å². The van der Waals surface area contributed by atoms with E-state index in [4.69, 9.17) is 5.11 Å². The molecule has 1 aromatic rings. The second-order valence-electron chi connectivity index (χ2n) is 5.07. The number of urea groups is 1. The van der Waals surface area contributed by atoms with Crippen molar-refractivity contribution in [3.8, 4) is 0 Å². The largest absolute Gasteiger partial charge is 0.481 e. The van der Waals surface area contributed by atoms with Gasteiger partial charge < -0.3 is 15.7 Å². The van der Waals surface area contributed by atoms with Crippen molar-refractivity contribution in [2.24, 2.45) is 5.92 Å². The van der Waals surface area contributed by atoms with Gasteiger partial charge in [0.25, 0.3) is 0 Å². The van der Waals surface area contributed by atoms with E-state index in [1.807, 2.05) is 6.92 Å². The lowest BCUT2D eigenvalue weighted by molar-refractivity contribution is -0.142. The predicted molar refractivity (Wildman–Crippen MR) is 73.4 cm³/mol. The van der Waals surface area contributed by atoms with Crippen LogP contribution < -0.4 is 10.6 Å². The van der Waals surface area contributed by atoms with Crippen molar-refractivity contribution in [2.75, 3.05) is 5.32 Å². The molecule has 0 spiro atoms. The monoisotopic (exact) mass is 280 g/mol. The quantitative estimate of drug-likeness (QED) is 0.781. The van der Waals surface area contributed by atoms with Crippen LogP contribution in [0.3, 0.4) is 0 Å². The minimum absolute atomic E-state index is 0.0480. The summed E-state index contributed by atoms with van der Waals surface area (Å²) in [6.07, 6.45) is 6.02. The number of carboxylic acid groups (broad SMARTS) is 1. The standard InChI is InChI=1S/C13H20N4O3/c1-2-17-8-11(7-14-17)16-13(20)15-10-5-3-9(4-6-10)12(18)19/h7-10H,2-6H2,1H3,(H,18,19)(H2,15,16,20). The van der Waals surface area contributed by atoms with Crippen LogP contribution in [0.25, 0.3) is 0 Å². The van der Waals surface area contributed by atoms with E-state index in [2.05, 4.69) is 15.7 Å². The highest BCUT2D eigenvalue weighted by atomic mass is 16.4. The summed E-state index contributed by atoms with van der Waals surface area (Å²) in [7, 11) is 0. The fraction of sp³-hybridized carbons (Fsp3) is 0.615. The Morgan fingerprint density at radius 2 is 2.10 bits per heavy atom. The van der Waals surface area contributed by atoms with Crippen molar-refractivity contribution in [3.63, 3.8) is 0 Å². The third-order valence-corrected chi connectivity index (χ3v) is 3.63.